The zero-order valence-corrected chi connectivity index (χ0v) is 10.9. The lowest BCUT2D eigenvalue weighted by atomic mass is 10.1. The van der Waals surface area contributed by atoms with Crippen molar-refractivity contribution in [1.29, 1.82) is 0 Å². The van der Waals surface area contributed by atoms with Gasteiger partial charge in [-0.1, -0.05) is 29.8 Å². The van der Waals surface area contributed by atoms with E-state index in [-0.39, 0.29) is 5.54 Å². The Labute approximate surface area is 102 Å². The lowest BCUT2D eigenvalue weighted by Gasteiger charge is -2.20. The van der Waals surface area contributed by atoms with Gasteiger partial charge in [0.15, 0.2) is 0 Å². The number of hydrogen-bond acceptors (Lipinski definition) is 2. The molecule has 0 bridgehead atoms. The predicted molar refractivity (Wildman–Crippen MR) is 71.8 cm³/mol. The first-order valence-corrected chi connectivity index (χ1v) is 5.81. The molecule has 0 saturated carbocycles. The number of benzene rings is 1. The van der Waals surface area contributed by atoms with E-state index < -0.39 is 0 Å². The molecule has 3 heteroatoms. The quantitative estimate of drug-likeness (QED) is 0.816. The molecule has 1 heterocycles. The minimum atomic E-state index is -0.0902. The van der Waals surface area contributed by atoms with Crippen LogP contribution in [-0.4, -0.2) is 9.78 Å². The van der Waals surface area contributed by atoms with Crippen LogP contribution in [0.4, 0.5) is 5.82 Å². The Morgan fingerprint density at radius 3 is 2.18 bits per heavy atom. The second kappa shape index (κ2) is 3.91. The summed E-state index contributed by atoms with van der Waals surface area (Å²) in [5.74, 6) is 0.702. The van der Waals surface area contributed by atoms with Crippen LogP contribution in [-0.2, 0) is 5.54 Å². The Morgan fingerprint density at radius 1 is 1.12 bits per heavy atom. The Hall–Kier alpha value is -1.77. The Morgan fingerprint density at radius 2 is 1.71 bits per heavy atom. The van der Waals surface area contributed by atoms with E-state index in [0.717, 1.165) is 11.3 Å². The molecule has 0 spiro atoms. The molecule has 0 aliphatic carbocycles. The van der Waals surface area contributed by atoms with Gasteiger partial charge in [-0.2, -0.15) is 5.10 Å². The van der Waals surface area contributed by atoms with Crippen LogP contribution in [0.3, 0.4) is 0 Å². The molecule has 0 atom stereocenters. The van der Waals surface area contributed by atoms with Crippen molar-refractivity contribution in [3.63, 3.8) is 0 Å². The maximum atomic E-state index is 6.00. The highest BCUT2D eigenvalue weighted by atomic mass is 15.3. The third kappa shape index (κ3) is 2.33. The van der Waals surface area contributed by atoms with Crippen molar-refractivity contribution in [2.24, 2.45) is 0 Å². The molecule has 0 saturated heterocycles. The van der Waals surface area contributed by atoms with Gasteiger partial charge in [0.2, 0.25) is 0 Å². The second-order valence-corrected chi connectivity index (χ2v) is 5.40. The minimum Gasteiger partial charge on any atom is -0.384 e. The maximum Gasteiger partial charge on any atom is 0.122 e. The van der Waals surface area contributed by atoms with Gasteiger partial charge in [-0.25, -0.2) is 4.68 Å². The van der Waals surface area contributed by atoms with E-state index in [1.54, 1.807) is 0 Å². The monoisotopic (exact) mass is 229 g/mol. The highest BCUT2D eigenvalue weighted by molar-refractivity contribution is 5.62. The van der Waals surface area contributed by atoms with Crippen LogP contribution < -0.4 is 5.73 Å². The van der Waals surface area contributed by atoms with Crippen molar-refractivity contribution in [2.75, 3.05) is 5.73 Å². The van der Waals surface area contributed by atoms with Gasteiger partial charge < -0.3 is 5.73 Å². The molecule has 0 aliphatic heterocycles. The van der Waals surface area contributed by atoms with Gasteiger partial charge in [0.1, 0.15) is 5.82 Å². The van der Waals surface area contributed by atoms with Crippen LogP contribution in [0.15, 0.2) is 30.3 Å². The average molecular weight is 229 g/mol. The number of hydrogen-bond donors (Lipinski definition) is 1. The third-order valence-corrected chi connectivity index (χ3v) is 2.72. The number of aryl methyl sites for hydroxylation is 1. The Bertz CT molecular complexity index is 515. The smallest absolute Gasteiger partial charge is 0.122 e. The number of anilines is 1. The highest BCUT2D eigenvalue weighted by Gasteiger charge is 2.18. The average Bonchev–Trinajstić information content (AvgIpc) is 2.61. The number of rotatable bonds is 1. The molecule has 1 aromatic carbocycles. The number of nitrogens with zero attached hydrogens (tertiary/aromatic N) is 2. The molecule has 0 unspecified atom stereocenters. The fourth-order valence-corrected chi connectivity index (χ4v) is 1.80. The number of aromatic nitrogens is 2. The molecule has 0 fully saturated rings. The van der Waals surface area contributed by atoms with Gasteiger partial charge in [-0.15, -0.1) is 0 Å². The van der Waals surface area contributed by atoms with Crippen molar-refractivity contribution < 1.29 is 0 Å². The second-order valence-electron chi connectivity index (χ2n) is 5.40. The van der Waals surface area contributed by atoms with Gasteiger partial charge in [0.05, 0.1) is 11.2 Å². The molecule has 17 heavy (non-hydrogen) atoms. The van der Waals surface area contributed by atoms with Gasteiger partial charge in [-0.3, -0.25) is 0 Å². The van der Waals surface area contributed by atoms with Crippen molar-refractivity contribution in [3.05, 3.63) is 35.9 Å². The summed E-state index contributed by atoms with van der Waals surface area (Å²) in [6, 6.07) is 10.2. The fourth-order valence-electron chi connectivity index (χ4n) is 1.80. The lowest BCUT2D eigenvalue weighted by molar-refractivity contribution is 0.362. The zero-order chi connectivity index (χ0) is 12.6. The first-order valence-electron chi connectivity index (χ1n) is 5.81. The molecule has 2 aromatic rings. The first-order chi connectivity index (χ1) is 7.88. The van der Waals surface area contributed by atoms with E-state index in [4.69, 9.17) is 5.73 Å². The van der Waals surface area contributed by atoms with E-state index in [0.29, 0.717) is 5.82 Å². The SMILES string of the molecule is Cc1ccc(-c2cc(N)n(C(C)(C)C)n2)cc1. The van der Waals surface area contributed by atoms with E-state index in [1.165, 1.54) is 5.56 Å². The molecule has 2 rings (SSSR count). The van der Waals surface area contributed by atoms with Crippen LogP contribution >= 0.6 is 0 Å². The van der Waals surface area contributed by atoms with Crippen molar-refractivity contribution >= 4 is 5.82 Å². The van der Waals surface area contributed by atoms with Crippen molar-refractivity contribution in [2.45, 2.75) is 33.2 Å². The van der Waals surface area contributed by atoms with Crippen LogP contribution in [0.2, 0.25) is 0 Å². The topological polar surface area (TPSA) is 43.8 Å². The minimum absolute atomic E-state index is 0.0902. The molecule has 0 amide bonds. The summed E-state index contributed by atoms with van der Waals surface area (Å²) in [6.45, 7) is 8.35. The van der Waals surface area contributed by atoms with Crippen LogP contribution in [0.25, 0.3) is 11.3 Å². The predicted octanol–water partition coefficient (Wildman–Crippen LogP) is 3.20. The summed E-state index contributed by atoms with van der Waals surface area (Å²) < 4.78 is 1.86. The van der Waals surface area contributed by atoms with Crippen molar-refractivity contribution in [1.82, 2.24) is 9.78 Å². The van der Waals surface area contributed by atoms with Gasteiger partial charge in [-0.05, 0) is 27.7 Å². The normalized spacial score (nSPS) is 11.8. The number of nitrogen functional groups attached to an aromatic ring is 1. The summed E-state index contributed by atoms with van der Waals surface area (Å²) in [5, 5.41) is 4.57. The Kier molecular flexibility index (Phi) is 2.69. The van der Waals surface area contributed by atoms with E-state index >= 15 is 0 Å². The summed E-state index contributed by atoms with van der Waals surface area (Å²) in [6.07, 6.45) is 0. The van der Waals surface area contributed by atoms with Crippen LogP contribution in [0.5, 0.6) is 0 Å². The summed E-state index contributed by atoms with van der Waals surface area (Å²) in [5.41, 5.74) is 9.18. The van der Waals surface area contributed by atoms with Gasteiger partial charge in [0.25, 0.3) is 0 Å². The summed E-state index contributed by atoms with van der Waals surface area (Å²) >= 11 is 0. The highest BCUT2D eigenvalue weighted by Crippen LogP contribution is 2.25. The molecule has 1 aromatic heterocycles. The summed E-state index contributed by atoms with van der Waals surface area (Å²) in [7, 11) is 0. The van der Waals surface area contributed by atoms with Gasteiger partial charge >= 0.3 is 0 Å². The van der Waals surface area contributed by atoms with Crippen molar-refractivity contribution in [3.8, 4) is 11.3 Å². The Balaban J connectivity index is 2.45. The van der Waals surface area contributed by atoms with Crippen LogP contribution in [0.1, 0.15) is 26.3 Å². The zero-order valence-electron chi connectivity index (χ0n) is 10.9. The molecule has 2 N–H and O–H groups in total. The van der Waals surface area contributed by atoms with E-state index in [2.05, 4.69) is 57.1 Å². The molecule has 3 nitrogen and oxygen atoms in total. The molecular formula is C14H19N3. The number of nitrogens with two attached hydrogens (primary N) is 1. The fraction of sp³-hybridized carbons (Fsp3) is 0.357. The lowest BCUT2D eigenvalue weighted by Crippen LogP contribution is -2.24. The standard InChI is InChI=1S/C14H19N3/c1-10-5-7-11(8-6-10)12-9-13(15)17(16-12)14(2,3)4/h5-9H,15H2,1-4H3. The maximum absolute atomic E-state index is 6.00. The summed E-state index contributed by atoms with van der Waals surface area (Å²) in [4.78, 5) is 0. The first kappa shape index (κ1) is 11.7. The van der Waals surface area contributed by atoms with Gasteiger partial charge in [0, 0.05) is 11.6 Å². The molecule has 0 radical (unpaired) electrons. The molecule has 90 valence electrons. The van der Waals surface area contributed by atoms with E-state index in [1.807, 2.05) is 10.7 Å². The molecular weight excluding hydrogens is 210 g/mol. The molecule has 0 aliphatic rings. The third-order valence-electron chi connectivity index (χ3n) is 2.72. The largest absolute Gasteiger partial charge is 0.384 e. The van der Waals surface area contributed by atoms with Crippen LogP contribution in [0, 0.1) is 6.92 Å². The van der Waals surface area contributed by atoms with E-state index in [9.17, 15) is 0 Å².